The summed E-state index contributed by atoms with van der Waals surface area (Å²) in [4.78, 5) is 9.68. The molecule has 54 heavy (non-hydrogen) atoms. The van der Waals surface area contributed by atoms with E-state index in [0.29, 0.717) is 11.5 Å². The van der Waals surface area contributed by atoms with Gasteiger partial charge in [0.25, 0.3) is 0 Å². The van der Waals surface area contributed by atoms with Gasteiger partial charge in [-0.05, 0) is 57.5 Å². The van der Waals surface area contributed by atoms with Gasteiger partial charge in [0.15, 0.2) is 0 Å². The molecule has 1 atom stereocenters. The van der Waals surface area contributed by atoms with Gasteiger partial charge < -0.3 is 13.7 Å². The van der Waals surface area contributed by atoms with Crippen molar-refractivity contribution < 1.29 is 25.8 Å². The molecule has 4 aromatic heterocycles. The topological polar surface area (TPSA) is 44.4 Å². The van der Waals surface area contributed by atoms with E-state index < -0.39 is 0 Å². The van der Waals surface area contributed by atoms with Crippen LogP contribution in [0.2, 0.25) is 0 Å². The van der Waals surface area contributed by atoms with Crippen molar-refractivity contribution in [3.05, 3.63) is 192 Å². The first-order valence-electron chi connectivity index (χ1n) is 18.0. The van der Waals surface area contributed by atoms with E-state index in [1.807, 2.05) is 42.9 Å². The van der Waals surface area contributed by atoms with E-state index >= 15 is 0 Å². The predicted octanol–water partition coefficient (Wildman–Crippen LogP) is 11.3. The SMILES string of the molecule is CC1(C)c2ccccc2C(c2ccccc2)c2ccc3c(c21)c1cccnc1n3-c1[c-]c(Oc2[c-]c3c(cc2)c2ccccc2n2ccnc32)ccc1.[Pt+2]. The molecule has 0 N–H and O–H groups in total. The summed E-state index contributed by atoms with van der Waals surface area (Å²) in [6.45, 7) is 4.73. The Morgan fingerprint density at radius 3 is 2.30 bits per heavy atom. The third-order valence-corrected chi connectivity index (χ3v) is 11.2. The van der Waals surface area contributed by atoms with E-state index in [9.17, 15) is 0 Å². The van der Waals surface area contributed by atoms with Crippen molar-refractivity contribution in [2.45, 2.75) is 25.2 Å². The Morgan fingerprint density at radius 1 is 0.611 bits per heavy atom. The van der Waals surface area contributed by atoms with Gasteiger partial charge in [-0.1, -0.05) is 115 Å². The summed E-state index contributed by atoms with van der Waals surface area (Å²) in [5.74, 6) is 1.32. The molecule has 11 rings (SSSR count). The van der Waals surface area contributed by atoms with Crippen molar-refractivity contribution in [2.75, 3.05) is 0 Å². The average Bonchev–Trinajstić information content (AvgIpc) is 3.83. The van der Waals surface area contributed by atoms with Crippen LogP contribution < -0.4 is 4.74 Å². The molecule has 6 heteroatoms. The van der Waals surface area contributed by atoms with E-state index in [1.54, 1.807) is 0 Å². The van der Waals surface area contributed by atoms with Crippen molar-refractivity contribution in [3.8, 4) is 17.2 Å². The van der Waals surface area contributed by atoms with E-state index in [0.717, 1.165) is 49.6 Å². The largest absolute Gasteiger partial charge is 2.00 e. The minimum Gasteiger partial charge on any atom is -0.503 e. The smallest absolute Gasteiger partial charge is 0.503 e. The Kier molecular flexibility index (Phi) is 7.40. The minimum atomic E-state index is -0.252. The second-order valence-electron chi connectivity index (χ2n) is 14.4. The maximum absolute atomic E-state index is 6.53. The van der Waals surface area contributed by atoms with E-state index in [-0.39, 0.29) is 32.4 Å². The van der Waals surface area contributed by atoms with Gasteiger partial charge in [0.05, 0.1) is 11.2 Å². The molecule has 1 unspecified atom stereocenters. The fourth-order valence-corrected chi connectivity index (χ4v) is 9.01. The van der Waals surface area contributed by atoms with Crippen LogP contribution in [0.5, 0.6) is 11.5 Å². The third kappa shape index (κ3) is 4.68. The molecule has 1 aliphatic carbocycles. The van der Waals surface area contributed by atoms with Crippen molar-refractivity contribution in [2.24, 2.45) is 0 Å². The minimum absolute atomic E-state index is 0. The number of fused-ring (bicyclic) bond motifs is 12. The van der Waals surface area contributed by atoms with Crippen LogP contribution in [0.15, 0.2) is 152 Å². The van der Waals surface area contributed by atoms with Gasteiger partial charge in [0.2, 0.25) is 0 Å². The molecule has 260 valence electrons. The maximum Gasteiger partial charge on any atom is 2.00 e. The van der Waals surface area contributed by atoms with Gasteiger partial charge in [0.1, 0.15) is 5.65 Å². The standard InChI is InChI=1S/C48H32N4O.Pt/c1-48(2)40-19-8-6-17-36(40)43(30-12-4-3-5-13-30)37-23-24-42-44(45(37)48)38-18-11-25-49-47(38)52(42)31-14-10-15-32(28-31)53-33-21-22-34-35-16-7-9-20-41(35)51-27-26-50-46(51)39(34)29-33;/h3-27,43H,1-2H3;/q-2;+2. The zero-order valence-corrected chi connectivity index (χ0v) is 31.8. The number of nitrogens with zero attached hydrogens (tertiary/aromatic N) is 4. The number of rotatable bonds is 4. The van der Waals surface area contributed by atoms with Crippen LogP contribution in [-0.2, 0) is 26.5 Å². The van der Waals surface area contributed by atoms with Gasteiger partial charge in [-0.2, -0.15) is 6.07 Å². The molecule has 5 nitrogen and oxygen atoms in total. The number of hydrogen-bond acceptors (Lipinski definition) is 3. The Balaban J connectivity index is 0.00000361. The predicted molar refractivity (Wildman–Crippen MR) is 212 cm³/mol. The number of benzene rings is 6. The number of pyridine rings is 2. The molecule has 6 aromatic carbocycles. The first kappa shape index (κ1) is 32.6. The van der Waals surface area contributed by atoms with Crippen molar-refractivity contribution in [1.82, 2.24) is 18.9 Å². The molecule has 0 spiro atoms. The molecule has 0 fully saturated rings. The molecule has 0 radical (unpaired) electrons. The molecule has 1 aliphatic rings. The Hall–Kier alpha value is -6.03. The summed E-state index contributed by atoms with van der Waals surface area (Å²) >= 11 is 0. The summed E-state index contributed by atoms with van der Waals surface area (Å²) in [6, 6.07) is 54.4. The molecule has 0 bridgehead atoms. The number of imidazole rings is 1. The molecule has 0 saturated carbocycles. The number of hydrogen-bond donors (Lipinski definition) is 0. The second kappa shape index (κ2) is 12.3. The monoisotopic (exact) mass is 875 g/mol. The molecule has 4 heterocycles. The second-order valence-corrected chi connectivity index (χ2v) is 14.4. The zero-order valence-electron chi connectivity index (χ0n) is 29.5. The van der Waals surface area contributed by atoms with Crippen LogP contribution in [0.1, 0.15) is 47.6 Å². The Morgan fingerprint density at radius 2 is 1.39 bits per heavy atom. The zero-order chi connectivity index (χ0) is 35.3. The van der Waals surface area contributed by atoms with Gasteiger partial charge in [0, 0.05) is 57.7 Å². The first-order valence-corrected chi connectivity index (χ1v) is 18.0. The summed E-state index contributed by atoms with van der Waals surface area (Å²) < 4.78 is 10.9. The molecule has 0 aliphatic heterocycles. The molecular weight excluding hydrogens is 844 g/mol. The van der Waals surface area contributed by atoms with E-state index in [4.69, 9.17) is 9.72 Å². The van der Waals surface area contributed by atoms with Crippen molar-refractivity contribution >= 4 is 49.3 Å². The maximum atomic E-state index is 6.53. The number of para-hydroxylation sites is 1. The van der Waals surface area contributed by atoms with Crippen LogP contribution in [-0.4, -0.2) is 18.9 Å². The quantitative estimate of drug-likeness (QED) is 0.131. The van der Waals surface area contributed by atoms with Crippen LogP contribution in [0.3, 0.4) is 0 Å². The average molecular weight is 876 g/mol. The number of aromatic nitrogens is 4. The molecular formula is C48H32N4OPt. The number of ether oxygens (including phenoxy) is 1. The fraction of sp³-hybridized carbons (Fsp3) is 0.0833. The first-order chi connectivity index (χ1) is 26.1. The van der Waals surface area contributed by atoms with Crippen LogP contribution in [0, 0.1) is 12.1 Å². The Bertz CT molecular complexity index is 3090. The van der Waals surface area contributed by atoms with Crippen molar-refractivity contribution in [1.29, 1.82) is 0 Å². The molecule has 10 aromatic rings. The molecule has 0 amide bonds. The van der Waals surface area contributed by atoms with Gasteiger partial charge in [-0.15, -0.1) is 30.3 Å². The van der Waals surface area contributed by atoms with E-state index in [1.165, 1.54) is 33.2 Å². The summed E-state index contributed by atoms with van der Waals surface area (Å²) in [6.07, 6.45) is 5.70. The van der Waals surface area contributed by atoms with Crippen molar-refractivity contribution in [3.63, 3.8) is 0 Å². The summed E-state index contributed by atoms with van der Waals surface area (Å²) in [7, 11) is 0. The summed E-state index contributed by atoms with van der Waals surface area (Å²) in [5.41, 5.74) is 11.2. The normalized spacial score (nSPS) is 14.7. The van der Waals surface area contributed by atoms with Gasteiger partial charge in [-0.3, -0.25) is 4.98 Å². The van der Waals surface area contributed by atoms with Gasteiger partial charge in [-0.25, -0.2) is 4.98 Å². The molecule has 0 saturated heterocycles. The van der Waals surface area contributed by atoms with Crippen LogP contribution in [0.25, 0.3) is 54.9 Å². The van der Waals surface area contributed by atoms with Crippen LogP contribution >= 0.6 is 0 Å². The Labute approximate surface area is 326 Å². The van der Waals surface area contributed by atoms with Gasteiger partial charge >= 0.3 is 21.1 Å². The fourth-order valence-electron chi connectivity index (χ4n) is 9.01. The van der Waals surface area contributed by atoms with Crippen LogP contribution in [0.4, 0.5) is 0 Å². The third-order valence-electron chi connectivity index (χ3n) is 11.2. The van der Waals surface area contributed by atoms with E-state index in [2.05, 4.69) is 149 Å². The summed E-state index contributed by atoms with van der Waals surface area (Å²) in [5, 5.41) is 5.50.